The lowest BCUT2D eigenvalue weighted by Crippen LogP contribution is -2.48. The van der Waals surface area contributed by atoms with Gasteiger partial charge in [-0.2, -0.15) is 0 Å². The van der Waals surface area contributed by atoms with E-state index in [1.807, 2.05) is 29.8 Å². The minimum atomic E-state index is 0.0485. The molecule has 1 aromatic heterocycles. The first-order valence-corrected chi connectivity index (χ1v) is 9.50. The van der Waals surface area contributed by atoms with Crippen LogP contribution in [-0.4, -0.2) is 48.5 Å². The number of nitrogens with one attached hydrogen (secondary N) is 1. The summed E-state index contributed by atoms with van der Waals surface area (Å²) < 4.78 is 1.16. The molecule has 0 radical (unpaired) electrons. The van der Waals surface area contributed by atoms with E-state index in [2.05, 4.69) is 49.6 Å². The summed E-state index contributed by atoms with van der Waals surface area (Å²) in [6.07, 6.45) is 1.84. The number of aryl methyl sites for hydroxylation is 1. The van der Waals surface area contributed by atoms with Crippen LogP contribution >= 0.6 is 33.9 Å². The third-order valence-electron chi connectivity index (χ3n) is 3.88. The lowest BCUT2D eigenvalue weighted by Gasteiger charge is -2.34. The van der Waals surface area contributed by atoms with E-state index in [1.54, 1.807) is 11.3 Å². The van der Waals surface area contributed by atoms with E-state index >= 15 is 0 Å². The first-order valence-electron chi connectivity index (χ1n) is 7.54. The van der Waals surface area contributed by atoms with E-state index in [9.17, 15) is 4.79 Å². The maximum atomic E-state index is 12.2. The van der Waals surface area contributed by atoms with Gasteiger partial charge in [0.25, 0.3) is 0 Å². The third kappa shape index (κ3) is 4.42. The second-order valence-electron chi connectivity index (χ2n) is 5.59. The normalized spacial score (nSPS) is 15.7. The van der Waals surface area contributed by atoms with E-state index in [4.69, 9.17) is 0 Å². The Morgan fingerprint density at radius 2 is 2.13 bits per heavy atom. The smallest absolute Gasteiger partial charge is 0.238 e. The van der Waals surface area contributed by atoms with Crippen LogP contribution in [0.2, 0.25) is 0 Å². The Kier molecular flexibility index (Phi) is 5.50. The van der Waals surface area contributed by atoms with Gasteiger partial charge in [0.2, 0.25) is 5.91 Å². The topological polar surface area (TPSA) is 48.5 Å². The molecule has 5 nitrogen and oxygen atoms in total. The summed E-state index contributed by atoms with van der Waals surface area (Å²) in [5.74, 6) is 0.0485. The van der Waals surface area contributed by atoms with Crippen molar-refractivity contribution in [2.75, 3.05) is 42.9 Å². The number of thiazole rings is 1. The number of amides is 1. The van der Waals surface area contributed by atoms with Gasteiger partial charge in [-0.05, 0) is 47.2 Å². The second-order valence-corrected chi connectivity index (χ2v) is 7.63. The zero-order chi connectivity index (χ0) is 16.2. The highest BCUT2D eigenvalue weighted by molar-refractivity contribution is 14.1. The van der Waals surface area contributed by atoms with Gasteiger partial charge in [-0.1, -0.05) is 6.07 Å². The molecule has 1 aromatic carbocycles. The summed E-state index contributed by atoms with van der Waals surface area (Å²) in [6, 6.07) is 5.99. The number of nitrogens with zero attached hydrogens (tertiary/aromatic N) is 3. The molecule has 1 aliphatic heterocycles. The van der Waals surface area contributed by atoms with Crippen LogP contribution in [0.25, 0.3) is 0 Å². The molecule has 1 saturated heterocycles. The number of rotatable bonds is 4. The Bertz CT molecular complexity index is 669. The van der Waals surface area contributed by atoms with Gasteiger partial charge in [0.15, 0.2) is 5.13 Å². The molecule has 0 unspecified atom stereocenters. The fourth-order valence-electron chi connectivity index (χ4n) is 2.54. The number of hydrogen-bond donors (Lipinski definition) is 1. The highest BCUT2D eigenvalue weighted by Gasteiger charge is 2.20. The summed E-state index contributed by atoms with van der Waals surface area (Å²) in [4.78, 5) is 21.0. The highest BCUT2D eigenvalue weighted by Crippen LogP contribution is 2.19. The van der Waals surface area contributed by atoms with E-state index in [0.29, 0.717) is 6.54 Å². The molecule has 1 fully saturated rings. The lowest BCUT2D eigenvalue weighted by molar-refractivity contribution is -0.117. The molecule has 1 aliphatic rings. The maximum absolute atomic E-state index is 12.2. The SMILES string of the molecule is Cc1ccc(NC(=O)CN2CCN(c3nccs3)CC2)cc1I. The number of benzene rings is 1. The molecule has 2 aromatic rings. The minimum absolute atomic E-state index is 0.0485. The molecule has 0 bridgehead atoms. The summed E-state index contributed by atoms with van der Waals surface area (Å²) in [5.41, 5.74) is 2.09. The number of halogens is 1. The van der Waals surface area contributed by atoms with Gasteiger partial charge in [0.05, 0.1) is 6.54 Å². The summed E-state index contributed by atoms with van der Waals surface area (Å²) in [7, 11) is 0. The molecule has 0 saturated carbocycles. The maximum Gasteiger partial charge on any atom is 0.238 e. The number of hydrogen-bond acceptors (Lipinski definition) is 5. The van der Waals surface area contributed by atoms with Gasteiger partial charge in [-0.3, -0.25) is 9.69 Å². The Hall–Kier alpha value is -1.19. The Balaban J connectivity index is 1.48. The Morgan fingerprint density at radius 3 is 2.78 bits per heavy atom. The van der Waals surface area contributed by atoms with Gasteiger partial charge in [-0.15, -0.1) is 11.3 Å². The number of aromatic nitrogens is 1. The lowest BCUT2D eigenvalue weighted by atomic mass is 10.2. The summed E-state index contributed by atoms with van der Waals surface area (Å²) in [5, 5.41) is 6.06. The fraction of sp³-hybridized carbons (Fsp3) is 0.375. The van der Waals surface area contributed by atoms with Crippen LogP contribution in [0.1, 0.15) is 5.56 Å². The van der Waals surface area contributed by atoms with Crippen LogP contribution in [0.15, 0.2) is 29.8 Å². The highest BCUT2D eigenvalue weighted by atomic mass is 127. The molecule has 3 rings (SSSR count). The quantitative estimate of drug-likeness (QED) is 0.741. The average molecular weight is 442 g/mol. The summed E-state index contributed by atoms with van der Waals surface area (Å²) >= 11 is 3.95. The van der Waals surface area contributed by atoms with Crippen molar-refractivity contribution in [2.24, 2.45) is 0 Å². The van der Waals surface area contributed by atoms with Crippen LogP contribution in [-0.2, 0) is 4.79 Å². The fourth-order valence-corrected chi connectivity index (χ4v) is 3.76. The van der Waals surface area contributed by atoms with Gasteiger partial charge < -0.3 is 10.2 Å². The Labute approximate surface area is 153 Å². The standard InChI is InChI=1S/C16H19IN4OS/c1-12-2-3-13(10-14(12)17)19-15(22)11-20-5-7-21(8-6-20)16-18-4-9-23-16/h2-4,9-10H,5-8,11H2,1H3,(H,19,22). The molecule has 1 amide bonds. The molecule has 0 spiro atoms. The van der Waals surface area contributed by atoms with Crippen molar-refractivity contribution < 1.29 is 4.79 Å². The molecule has 23 heavy (non-hydrogen) atoms. The second kappa shape index (κ2) is 7.59. The number of carbonyl (C=O) groups excluding carboxylic acids is 1. The first kappa shape index (κ1) is 16.7. The van der Waals surface area contributed by atoms with Crippen LogP contribution in [0.3, 0.4) is 0 Å². The van der Waals surface area contributed by atoms with Crippen molar-refractivity contribution in [3.63, 3.8) is 0 Å². The van der Waals surface area contributed by atoms with E-state index in [-0.39, 0.29) is 5.91 Å². The van der Waals surface area contributed by atoms with Crippen molar-refractivity contribution in [1.29, 1.82) is 0 Å². The predicted molar refractivity (Wildman–Crippen MR) is 103 cm³/mol. The van der Waals surface area contributed by atoms with Crippen LogP contribution in [0.5, 0.6) is 0 Å². The molecule has 122 valence electrons. The van der Waals surface area contributed by atoms with Crippen molar-refractivity contribution in [3.8, 4) is 0 Å². The zero-order valence-corrected chi connectivity index (χ0v) is 15.9. The first-order chi connectivity index (χ1) is 11.1. The Morgan fingerprint density at radius 1 is 1.35 bits per heavy atom. The number of carbonyl (C=O) groups is 1. The van der Waals surface area contributed by atoms with Crippen LogP contribution in [0, 0.1) is 10.5 Å². The molecule has 0 aliphatic carbocycles. The van der Waals surface area contributed by atoms with Gasteiger partial charge in [0.1, 0.15) is 0 Å². The molecule has 1 N–H and O–H groups in total. The van der Waals surface area contributed by atoms with Crippen molar-refractivity contribution in [3.05, 3.63) is 38.9 Å². The van der Waals surface area contributed by atoms with Crippen molar-refractivity contribution >= 4 is 50.7 Å². The van der Waals surface area contributed by atoms with Gasteiger partial charge >= 0.3 is 0 Å². The van der Waals surface area contributed by atoms with E-state index in [0.717, 1.165) is 40.6 Å². The molecular formula is C16H19IN4OS. The molecular weight excluding hydrogens is 423 g/mol. The van der Waals surface area contributed by atoms with E-state index < -0.39 is 0 Å². The largest absolute Gasteiger partial charge is 0.346 e. The summed E-state index contributed by atoms with van der Waals surface area (Å²) in [6.45, 7) is 6.12. The molecule has 0 atom stereocenters. The van der Waals surface area contributed by atoms with Crippen molar-refractivity contribution in [2.45, 2.75) is 6.92 Å². The van der Waals surface area contributed by atoms with Gasteiger partial charge in [-0.25, -0.2) is 4.98 Å². The zero-order valence-electron chi connectivity index (χ0n) is 13.0. The van der Waals surface area contributed by atoms with E-state index in [1.165, 1.54) is 5.56 Å². The van der Waals surface area contributed by atoms with Crippen LogP contribution < -0.4 is 10.2 Å². The third-order valence-corrected chi connectivity index (χ3v) is 5.88. The average Bonchev–Trinajstić information content (AvgIpc) is 3.06. The van der Waals surface area contributed by atoms with Crippen molar-refractivity contribution in [1.82, 2.24) is 9.88 Å². The molecule has 7 heteroatoms. The monoisotopic (exact) mass is 442 g/mol. The predicted octanol–water partition coefficient (Wildman–Crippen LogP) is 2.82. The number of anilines is 2. The number of piperazine rings is 1. The van der Waals surface area contributed by atoms with Gasteiger partial charge in [0, 0.05) is 47.0 Å². The minimum Gasteiger partial charge on any atom is -0.346 e. The molecule has 2 heterocycles. The van der Waals surface area contributed by atoms with Crippen LogP contribution in [0.4, 0.5) is 10.8 Å².